The summed E-state index contributed by atoms with van der Waals surface area (Å²) in [7, 11) is 1.69. The molecular weight excluding hydrogens is 256 g/mol. The summed E-state index contributed by atoms with van der Waals surface area (Å²) in [5, 5.41) is 0. The van der Waals surface area contributed by atoms with Crippen LogP contribution in [0, 0.1) is 0 Å². The first-order valence-electron chi connectivity index (χ1n) is 7.19. The van der Waals surface area contributed by atoms with Crippen molar-refractivity contribution in [1.29, 1.82) is 0 Å². The predicted molar refractivity (Wildman–Crippen MR) is 78.9 cm³/mol. The molecule has 0 unspecified atom stereocenters. The molecule has 5 nitrogen and oxygen atoms in total. The van der Waals surface area contributed by atoms with E-state index in [-0.39, 0.29) is 0 Å². The van der Waals surface area contributed by atoms with E-state index in [1.807, 2.05) is 12.1 Å². The van der Waals surface area contributed by atoms with Gasteiger partial charge in [0.25, 0.3) is 0 Å². The second-order valence-electron chi connectivity index (χ2n) is 4.57. The second-order valence-corrected chi connectivity index (χ2v) is 4.57. The van der Waals surface area contributed by atoms with Crippen LogP contribution in [0.3, 0.4) is 0 Å². The average molecular weight is 282 g/mol. The molecule has 1 aromatic rings. The average Bonchev–Trinajstić information content (AvgIpc) is 2.46. The zero-order valence-electron chi connectivity index (χ0n) is 12.6. The van der Waals surface area contributed by atoms with E-state index in [4.69, 9.17) is 19.9 Å². The summed E-state index contributed by atoms with van der Waals surface area (Å²) in [5.41, 5.74) is 7.78. The fourth-order valence-corrected chi connectivity index (χ4v) is 1.81. The van der Waals surface area contributed by atoms with Crippen molar-refractivity contribution in [2.24, 2.45) is 5.73 Å². The van der Waals surface area contributed by atoms with E-state index in [1.54, 1.807) is 7.11 Å². The maximum Gasteiger partial charge on any atom is 0.213 e. The molecule has 1 rings (SSSR count). The molecule has 0 aliphatic rings. The molecule has 0 aromatic carbocycles. The van der Waals surface area contributed by atoms with E-state index in [0.29, 0.717) is 32.2 Å². The molecule has 114 valence electrons. The summed E-state index contributed by atoms with van der Waals surface area (Å²) in [4.78, 5) is 4.46. The molecule has 0 atom stereocenters. The quantitative estimate of drug-likeness (QED) is 0.628. The molecule has 0 fully saturated rings. The highest BCUT2D eigenvalue weighted by Crippen LogP contribution is 2.13. The summed E-state index contributed by atoms with van der Waals surface area (Å²) >= 11 is 0. The minimum atomic E-state index is 0.500. The highest BCUT2D eigenvalue weighted by Gasteiger charge is 2.03. The van der Waals surface area contributed by atoms with Gasteiger partial charge in [-0.15, -0.1) is 0 Å². The van der Waals surface area contributed by atoms with Gasteiger partial charge in [-0.2, -0.15) is 0 Å². The first-order valence-corrected chi connectivity index (χ1v) is 7.19. The predicted octanol–water partition coefficient (Wildman–Crippen LogP) is 1.92. The normalized spacial score (nSPS) is 10.8. The molecule has 0 saturated carbocycles. The second kappa shape index (κ2) is 10.6. The number of methoxy groups -OCH3 is 1. The number of hydrogen-bond acceptors (Lipinski definition) is 5. The smallest absolute Gasteiger partial charge is 0.213 e. The summed E-state index contributed by atoms with van der Waals surface area (Å²) in [5.74, 6) is 0.636. The van der Waals surface area contributed by atoms with Crippen molar-refractivity contribution in [3.63, 3.8) is 0 Å². The molecule has 1 heterocycles. The van der Waals surface area contributed by atoms with Crippen molar-refractivity contribution < 1.29 is 14.2 Å². The first kappa shape index (κ1) is 16.9. The lowest BCUT2D eigenvalue weighted by molar-refractivity contribution is 0.0795. The van der Waals surface area contributed by atoms with Gasteiger partial charge in [-0.25, -0.2) is 4.98 Å². The monoisotopic (exact) mass is 282 g/mol. The van der Waals surface area contributed by atoms with Gasteiger partial charge in [0.1, 0.15) is 6.61 Å². The van der Waals surface area contributed by atoms with E-state index in [9.17, 15) is 0 Å². The molecule has 0 aliphatic heterocycles. The van der Waals surface area contributed by atoms with Crippen LogP contribution in [0.5, 0.6) is 5.88 Å². The molecule has 2 N–H and O–H groups in total. The number of ether oxygens (including phenoxy) is 3. The lowest BCUT2D eigenvalue weighted by atomic mass is 10.1. The minimum Gasteiger partial charge on any atom is -0.475 e. The van der Waals surface area contributed by atoms with Crippen molar-refractivity contribution in [3.05, 3.63) is 23.4 Å². The number of rotatable bonds is 11. The third-order valence-electron chi connectivity index (χ3n) is 2.77. The molecule has 0 saturated heterocycles. The van der Waals surface area contributed by atoms with Crippen LogP contribution in [0.2, 0.25) is 0 Å². The molecular formula is C15H26N2O3. The summed E-state index contributed by atoms with van der Waals surface area (Å²) in [6.45, 7) is 5.10. The standard InChI is InChI=1S/C15H26N2O3/c1-3-5-14-10-13(12-16)11-15(17-14)20-9-8-19-7-4-6-18-2/h10-11H,3-9,12,16H2,1-2H3. The molecule has 0 spiro atoms. The Labute approximate surface area is 121 Å². The Balaban J connectivity index is 2.33. The SMILES string of the molecule is CCCc1cc(CN)cc(OCCOCCCOC)n1. The zero-order chi connectivity index (χ0) is 14.6. The number of aryl methyl sites for hydroxylation is 1. The topological polar surface area (TPSA) is 66.6 Å². The minimum absolute atomic E-state index is 0.500. The number of hydrogen-bond donors (Lipinski definition) is 1. The van der Waals surface area contributed by atoms with E-state index < -0.39 is 0 Å². The largest absolute Gasteiger partial charge is 0.475 e. The van der Waals surface area contributed by atoms with Crippen LogP contribution in [0.15, 0.2) is 12.1 Å². The van der Waals surface area contributed by atoms with Gasteiger partial charge in [0.15, 0.2) is 0 Å². The Kier molecular flexibility index (Phi) is 8.95. The molecule has 0 aliphatic carbocycles. The Bertz CT molecular complexity index is 372. The number of pyridine rings is 1. The third kappa shape index (κ3) is 6.84. The molecule has 1 aromatic heterocycles. The maximum atomic E-state index is 5.69. The summed E-state index contributed by atoms with van der Waals surface area (Å²) < 4.78 is 16.0. The number of aromatic nitrogens is 1. The van der Waals surface area contributed by atoms with Crippen molar-refractivity contribution in [2.45, 2.75) is 32.7 Å². The Morgan fingerprint density at radius 3 is 2.70 bits per heavy atom. The Morgan fingerprint density at radius 1 is 1.15 bits per heavy atom. The Morgan fingerprint density at radius 2 is 2.00 bits per heavy atom. The summed E-state index contributed by atoms with van der Waals surface area (Å²) in [6, 6.07) is 3.93. The van der Waals surface area contributed by atoms with Gasteiger partial charge in [0, 0.05) is 38.6 Å². The van der Waals surface area contributed by atoms with Gasteiger partial charge in [-0.1, -0.05) is 13.3 Å². The van der Waals surface area contributed by atoms with Gasteiger partial charge in [-0.3, -0.25) is 0 Å². The molecule has 5 heteroatoms. The van der Waals surface area contributed by atoms with Crippen LogP contribution in [-0.2, 0) is 22.4 Å². The third-order valence-corrected chi connectivity index (χ3v) is 2.77. The maximum absolute atomic E-state index is 5.69. The summed E-state index contributed by atoms with van der Waals surface area (Å²) in [6.07, 6.45) is 2.90. The van der Waals surface area contributed by atoms with Crippen LogP contribution in [0.1, 0.15) is 31.0 Å². The van der Waals surface area contributed by atoms with E-state index in [0.717, 1.165) is 37.1 Å². The highest BCUT2D eigenvalue weighted by atomic mass is 16.5. The molecule has 20 heavy (non-hydrogen) atoms. The van der Waals surface area contributed by atoms with Crippen molar-refractivity contribution in [1.82, 2.24) is 4.98 Å². The van der Waals surface area contributed by atoms with Crippen LogP contribution in [0.25, 0.3) is 0 Å². The van der Waals surface area contributed by atoms with Crippen LogP contribution in [0.4, 0.5) is 0 Å². The van der Waals surface area contributed by atoms with Crippen LogP contribution >= 0.6 is 0 Å². The lowest BCUT2D eigenvalue weighted by Crippen LogP contribution is -2.10. The first-order chi connectivity index (χ1) is 9.80. The van der Waals surface area contributed by atoms with Crippen LogP contribution in [-0.4, -0.2) is 38.5 Å². The van der Waals surface area contributed by atoms with Gasteiger partial charge in [0.2, 0.25) is 5.88 Å². The highest BCUT2D eigenvalue weighted by molar-refractivity contribution is 5.25. The van der Waals surface area contributed by atoms with Gasteiger partial charge in [-0.05, 0) is 24.5 Å². The molecule has 0 bridgehead atoms. The van der Waals surface area contributed by atoms with Gasteiger partial charge >= 0.3 is 0 Å². The molecule has 0 amide bonds. The van der Waals surface area contributed by atoms with Crippen molar-refractivity contribution in [3.8, 4) is 5.88 Å². The number of nitrogens with zero attached hydrogens (tertiary/aromatic N) is 1. The van der Waals surface area contributed by atoms with Crippen molar-refractivity contribution >= 4 is 0 Å². The molecule has 0 radical (unpaired) electrons. The fourth-order valence-electron chi connectivity index (χ4n) is 1.81. The zero-order valence-corrected chi connectivity index (χ0v) is 12.6. The van der Waals surface area contributed by atoms with Crippen molar-refractivity contribution in [2.75, 3.05) is 33.5 Å². The van der Waals surface area contributed by atoms with Gasteiger partial charge in [0.05, 0.1) is 6.61 Å². The van der Waals surface area contributed by atoms with Crippen LogP contribution < -0.4 is 10.5 Å². The van der Waals surface area contributed by atoms with E-state index in [1.165, 1.54) is 0 Å². The number of nitrogens with two attached hydrogens (primary N) is 1. The van der Waals surface area contributed by atoms with E-state index in [2.05, 4.69) is 11.9 Å². The van der Waals surface area contributed by atoms with E-state index >= 15 is 0 Å². The Hall–Kier alpha value is -1.17. The lowest BCUT2D eigenvalue weighted by Gasteiger charge is -2.09. The fraction of sp³-hybridized carbons (Fsp3) is 0.667. The van der Waals surface area contributed by atoms with Gasteiger partial charge < -0.3 is 19.9 Å².